The van der Waals surface area contributed by atoms with Gasteiger partial charge in [0.2, 0.25) is 5.52 Å². The molecule has 124 valence electrons. The molecular formula is C24H19N2+. The second kappa shape index (κ2) is 5.63. The number of hydrogen-bond donors (Lipinski definition) is 0. The third-order valence-corrected chi connectivity index (χ3v) is 5.18. The van der Waals surface area contributed by atoms with Gasteiger partial charge in [-0.25, -0.2) is 4.98 Å². The molecule has 0 fully saturated rings. The first kappa shape index (κ1) is 15.0. The van der Waals surface area contributed by atoms with Gasteiger partial charge in [0.05, 0.1) is 5.39 Å². The number of benzene rings is 4. The molecule has 0 spiro atoms. The molecule has 0 amide bonds. The van der Waals surface area contributed by atoms with E-state index < -0.39 is 0 Å². The molecule has 0 unspecified atom stereocenters. The first-order chi connectivity index (χ1) is 12.7. The number of aromatic nitrogens is 2. The topological polar surface area (TPSA) is 16.8 Å². The average molecular weight is 335 g/mol. The number of rotatable bonds is 1. The van der Waals surface area contributed by atoms with E-state index in [1.807, 2.05) is 6.07 Å². The van der Waals surface area contributed by atoms with Crippen LogP contribution >= 0.6 is 0 Å². The zero-order valence-electron chi connectivity index (χ0n) is 14.9. The molecule has 0 N–H and O–H groups in total. The van der Waals surface area contributed by atoms with Gasteiger partial charge in [0.25, 0.3) is 0 Å². The zero-order valence-corrected chi connectivity index (χ0v) is 14.9. The summed E-state index contributed by atoms with van der Waals surface area (Å²) in [5.41, 5.74) is 5.67. The number of fused-ring (bicyclic) bond motifs is 6. The Balaban J connectivity index is 2.04. The van der Waals surface area contributed by atoms with Crippen LogP contribution in [0.2, 0.25) is 0 Å². The SMILES string of the molecule is Cc1cccc2c3ccccc3c3nc(-c4ccccc4)c[n+](C)c3c12. The van der Waals surface area contributed by atoms with Crippen molar-refractivity contribution in [1.29, 1.82) is 0 Å². The molecule has 0 aliphatic heterocycles. The van der Waals surface area contributed by atoms with Gasteiger partial charge in [-0.2, -0.15) is 4.57 Å². The molecule has 2 heteroatoms. The van der Waals surface area contributed by atoms with Crippen molar-refractivity contribution in [2.45, 2.75) is 6.92 Å². The monoisotopic (exact) mass is 335 g/mol. The third-order valence-electron chi connectivity index (χ3n) is 5.18. The first-order valence-electron chi connectivity index (χ1n) is 8.90. The fraction of sp³-hybridized carbons (Fsp3) is 0.0833. The minimum Gasteiger partial charge on any atom is -0.234 e. The molecule has 1 aromatic heterocycles. The summed E-state index contributed by atoms with van der Waals surface area (Å²) < 4.78 is 2.23. The second-order valence-corrected chi connectivity index (χ2v) is 6.84. The van der Waals surface area contributed by atoms with Gasteiger partial charge in [0.1, 0.15) is 18.3 Å². The van der Waals surface area contributed by atoms with Gasteiger partial charge in [-0.1, -0.05) is 72.8 Å². The molecule has 0 saturated heterocycles. The van der Waals surface area contributed by atoms with Gasteiger partial charge in [-0.3, -0.25) is 0 Å². The maximum atomic E-state index is 5.10. The van der Waals surface area contributed by atoms with Crippen LogP contribution in [-0.2, 0) is 7.05 Å². The van der Waals surface area contributed by atoms with Crippen LogP contribution in [0.5, 0.6) is 0 Å². The van der Waals surface area contributed by atoms with E-state index in [-0.39, 0.29) is 0 Å². The van der Waals surface area contributed by atoms with Crippen molar-refractivity contribution in [3.05, 3.63) is 84.6 Å². The molecule has 1 heterocycles. The molecule has 0 bridgehead atoms. The van der Waals surface area contributed by atoms with Gasteiger partial charge in [-0.05, 0) is 23.3 Å². The van der Waals surface area contributed by atoms with E-state index >= 15 is 0 Å². The van der Waals surface area contributed by atoms with E-state index in [9.17, 15) is 0 Å². The third kappa shape index (κ3) is 2.12. The summed E-state index contributed by atoms with van der Waals surface area (Å²) >= 11 is 0. The fourth-order valence-electron chi connectivity index (χ4n) is 3.98. The molecule has 2 nitrogen and oxygen atoms in total. The molecule has 5 rings (SSSR count). The minimum atomic E-state index is 0.999. The highest BCUT2D eigenvalue weighted by atomic mass is 15.0. The lowest BCUT2D eigenvalue weighted by Crippen LogP contribution is -2.30. The quantitative estimate of drug-likeness (QED) is 0.298. The predicted octanol–water partition coefficient (Wildman–Crippen LogP) is 5.34. The maximum Gasteiger partial charge on any atom is 0.239 e. The Kier molecular flexibility index (Phi) is 3.26. The number of aryl methyl sites for hydroxylation is 2. The van der Waals surface area contributed by atoms with Crippen LogP contribution < -0.4 is 4.57 Å². The molecule has 0 aliphatic carbocycles. The first-order valence-corrected chi connectivity index (χ1v) is 8.90. The fourth-order valence-corrected chi connectivity index (χ4v) is 3.98. The van der Waals surface area contributed by atoms with Crippen LogP contribution in [0.3, 0.4) is 0 Å². The maximum absolute atomic E-state index is 5.10. The van der Waals surface area contributed by atoms with Crippen molar-refractivity contribution in [1.82, 2.24) is 4.98 Å². The van der Waals surface area contributed by atoms with Crippen molar-refractivity contribution in [3.8, 4) is 11.3 Å². The molecule has 0 saturated carbocycles. The van der Waals surface area contributed by atoms with E-state index in [4.69, 9.17) is 4.98 Å². The lowest BCUT2D eigenvalue weighted by atomic mass is 9.96. The summed E-state index contributed by atoms with van der Waals surface area (Å²) in [6.45, 7) is 2.18. The minimum absolute atomic E-state index is 0.999. The summed E-state index contributed by atoms with van der Waals surface area (Å²) in [7, 11) is 2.12. The number of nitrogens with zero attached hydrogens (tertiary/aromatic N) is 2. The molecule has 0 radical (unpaired) electrons. The van der Waals surface area contributed by atoms with Crippen LogP contribution in [0.15, 0.2) is 79.0 Å². The molecule has 5 aromatic rings. The van der Waals surface area contributed by atoms with Crippen molar-refractivity contribution < 1.29 is 4.57 Å². The van der Waals surface area contributed by atoms with Crippen LogP contribution in [0.25, 0.3) is 43.8 Å². The summed E-state index contributed by atoms with van der Waals surface area (Å²) in [6, 6.07) is 25.5. The van der Waals surface area contributed by atoms with Crippen LogP contribution in [0, 0.1) is 6.92 Å². The molecule has 0 aliphatic rings. The normalized spacial score (nSPS) is 11.5. The van der Waals surface area contributed by atoms with Crippen LogP contribution in [0.1, 0.15) is 5.56 Å². The number of hydrogen-bond acceptors (Lipinski definition) is 1. The highest BCUT2D eigenvalue weighted by molar-refractivity contribution is 6.23. The van der Waals surface area contributed by atoms with Crippen LogP contribution in [0.4, 0.5) is 0 Å². The van der Waals surface area contributed by atoms with E-state index in [2.05, 4.69) is 91.5 Å². The lowest BCUT2D eigenvalue weighted by Gasteiger charge is -2.11. The van der Waals surface area contributed by atoms with Gasteiger partial charge < -0.3 is 0 Å². The highest BCUT2D eigenvalue weighted by Crippen LogP contribution is 2.34. The second-order valence-electron chi connectivity index (χ2n) is 6.84. The van der Waals surface area contributed by atoms with Crippen molar-refractivity contribution in [2.75, 3.05) is 0 Å². The summed E-state index contributed by atoms with van der Waals surface area (Å²) in [4.78, 5) is 5.10. The summed E-state index contributed by atoms with van der Waals surface area (Å²) in [5.74, 6) is 0. The highest BCUT2D eigenvalue weighted by Gasteiger charge is 2.19. The molecule has 4 aromatic carbocycles. The Morgan fingerprint density at radius 2 is 1.42 bits per heavy atom. The Hall–Kier alpha value is -3.26. The molecular weight excluding hydrogens is 316 g/mol. The van der Waals surface area contributed by atoms with E-state index in [1.54, 1.807) is 0 Å². The van der Waals surface area contributed by atoms with Crippen molar-refractivity contribution >= 4 is 32.6 Å². The molecule has 26 heavy (non-hydrogen) atoms. The van der Waals surface area contributed by atoms with Crippen LogP contribution in [-0.4, -0.2) is 4.98 Å². The van der Waals surface area contributed by atoms with E-state index in [0.29, 0.717) is 0 Å². The zero-order chi connectivity index (χ0) is 17.7. The van der Waals surface area contributed by atoms with Crippen molar-refractivity contribution in [2.24, 2.45) is 7.05 Å². The van der Waals surface area contributed by atoms with Gasteiger partial charge in [0.15, 0.2) is 6.20 Å². The smallest absolute Gasteiger partial charge is 0.234 e. The largest absolute Gasteiger partial charge is 0.239 e. The van der Waals surface area contributed by atoms with Gasteiger partial charge in [-0.15, -0.1) is 0 Å². The summed E-state index contributed by atoms with van der Waals surface area (Å²) in [6.07, 6.45) is 2.14. The van der Waals surface area contributed by atoms with E-state index in [0.717, 1.165) is 16.8 Å². The average Bonchev–Trinajstić information content (AvgIpc) is 2.69. The lowest BCUT2D eigenvalue weighted by molar-refractivity contribution is -0.643. The van der Waals surface area contributed by atoms with Crippen molar-refractivity contribution in [3.63, 3.8) is 0 Å². The Labute approximate surface area is 152 Å². The summed E-state index contributed by atoms with van der Waals surface area (Å²) in [5, 5.41) is 5.04. The van der Waals surface area contributed by atoms with Gasteiger partial charge >= 0.3 is 0 Å². The van der Waals surface area contributed by atoms with Gasteiger partial charge in [0, 0.05) is 10.9 Å². The Morgan fingerprint density at radius 3 is 2.23 bits per heavy atom. The Bertz CT molecular complexity index is 1290. The predicted molar refractivity (Wildman–Crippen MR) is 108 cm³/mol. The van der Waals surface area contributed by atoms with E-state index in [1.165, 1.54) is 32.6 Å². The molecule has 0 atom stereocenters. The Morgan fingerprint density at radius 1 is 0.731 bits per heavy atom. The standard InChI is InChI=1S/C24H19N2/c1-16-9-8-14-19-18-12-6-7-13-20(18)23-24(22(16)19)26(2)15-21(25-23)17-10-4-3-5-11-17/h3-15H,1-2H3/q+1.